The molecule has 0 aliphatic carbocycles. The van der Waals surface area contributed by atoms with Crippen LogP contribution in [0.5, 0.6) is 11.5 Å². The van der Waals surface area contributed by atoms with E-state index in [2.05, 4.69) is 5.32 Å². The second-order valence-corrected chi connectivity index (χ2v) is 7.83. The smallest absolute Gasteiger partial charge is 0.223 e. The maximum absolute atomic E-state index is 12.5. The van der Waals surface area contributed by atoms with E-state index in [1.807, 2.05) is 30.1 Å². The van der Waals surface area contributed by atoms with Crippen LogP contribution in [0.2, 0.25) is 0 Å². The van der Waals surface area contributed by atoms with Crippen molar-refractivity contribution in [1.29, 1.82) is 0 Å². The van der Waals surface area contributed by atoms with Crippen LogP contribution in [0, 0.1) is 5.92 Å². The third kappa shape index (κ3) is 5.96. The number of ether oxygens (including phenoxy) is 2. The number of hydrogen-bond acceptors (Lipinski definition) is 5. The predicted octanol–water partition coefficient (Wildman–Crippen LogP) is 3.21. The van der Waals surface area contributed by atoms with E-state index >= 15 is 0 Å². The molecule has 2 aliphatic heterocycles. The van der Waals surface area contributed by atoms with Crippen LogP contribution in [0.3, 0.4) is 0 Å². The molecular weight excluding hydrogens is 372 g/mol. The number of hydrogen-bond donors (Lipinski definition) is 1. The van der Waals surface area contributed by atoms with E-state index in [9.17, 15) is 4.79 Å². The second-order valence-electron chi connectivity index (χ2n) is 6.66. The van der Waals surface area contributed by atoms with E-state index in [-0.39, 0.29) is 18.3 Å². The van der Waals surface area contributed by atoms with Crippen molar-refractivity contribution in [2.45, 2.75) is 30.6 Å². The second kappa shape index (κ2) is 10.9. The number of likely N-dealkylation sites (tertiary alicyclic amines) is 1. The van der Waals surface area contributed by atoms with Crippen molar-refractivity contribution < 1.29 is 14.3 Å². The number of nitrogens with one attached hydrogen (secondary N) is 1. The molecule has 5 nitrogen and oxygen atoms in total. The number of thioether (sulfide) groups is 1. The molecule has 3 rings (SSSR count). The van der Waals surface area contributed by atoms with Gasteiger partial charge in [-0.05, 0) is 50.6 Å². The van der Waals surface area contributed by atoms with Gasteiger partial charge in [-0.15, -0.1) is 24.2 Å². The third-order valence-corrected chi connectivity index (χ3v) is 5.66. The minimum Gasteiger partial charge on any atom is -0.490 e. The highest BCUT2D eigenvalue weighted by molar-refractivity contribution is 7.99. The summed E-state index contributed by atoms with van der Waals surface area (Å²) < 4.78 is 11.4. The number of carbonyl (C=O) groups is 1. The molecule has 26 heavy (non-hydrogen) atoms. The summed E-state index contributed by atoms with van der Waals surface area (Å²) in [5.74, 6) is 3.31. The Labute approximate surface area is 166 Å². The van der Waals surface area contributed by atoms with E-state index in [4.69, 9.17) is 9.47 Å². The zero-order valence-corrected chi connectivity index (χ0v) is 17.0. The molecule has 1 unspecified atom stereocenters. The fourth-order valence-corrected chi connectivity index (χ4v) is 4.26. The number of nitrogens with zero attached hydrogens (tertiary/aromatic N) is 1. The van der Waals surface area contributed by atoms with Crippen LogP contribution in [0.1, 0.15) is 25.7 Å². The number of benzene rings is 1. The molecule has 1 aromatic rings. The summed E-state index contributed by atoms with van der Waals surface area (Å²) in [5.41, 5.74) is 0. The zero-order valence-electron chi connectivity index (χ0n) is 15.4. The summed E-state index contributed by atoms with van der Waals surface area (Å²) in [6.45, 7) is 4.21. The van der Waals surface area contributed by atoms with Crippen LogP contribution >= 0.6 is 24.2 Å². The average molecular weight is 401 g/mol. The first-order valence-electron chi connectivity index (χ1n) is 9.21. The summed E-state index contributed by atoms with van der Waals surface area (Å²) >= 11 is 1.71. The first-order chi connectivity index (χ1) is 12.3. The van der Waals surface area contributed by atoms with Crippen LogP contribution < -0.4 is 14.8 Å². The lowest BCUT2D eigenvalue weighted by atomic mass is 9.98. The normalized spacial score (nSPS) is 19.4. The molecule has 1 saturated heterocycles. The lowest BCUT2D eigenvalue weighted by Gasteiger charge is -2.32. The lowest BCUT2D eigenvalue weighted by Crippen LogP contribution is -2.42. The van der Waals surface area contributed by atoms with Crippen molar-refractivity contribution in [1.82, 2.24) is 10.2 Å². The Morgan fingerprint density at radius 1 is 1.27 bits per heavy atom. The topological polar surface area (TPSA) is 50.8 Å². The molecule has 2 aliphatic rings. The molecule has 1 fully saturated rings. The highest BCUT2D eigenvalue weighted by atomic mass is 35.5. The van der Waals surface area contributed by atoms with Gasteiger partial charge in [0.2, 0.25) is 5.91 Å². The highest BCUT2D eigenvalue weighted by Gasteiger charge is 2.22. The number of amides is 1. The van der Waals surface area contributed by atoms with Crippen LogP contribution in [-0.2, 0) is 4.79 Å². The lowest BCUT2D eigenvalue weighted by molar-refractivity contribution is -0.132. The van der Waals surface area contributed by atoms with Gasteiger partial charge >= 0.3 is 0 Å². The Hall–Kier alpha value is -1.11. The Kier molecular flexibility index (Phi) is 8.88. The number of fused-ring (bicyclic) bond motifs is 1. The standard InChI is InChI=1S/C19H28N2O3S.ClH/c1-20-13-15-4-2-8-21(14-15)19(22)7-11-25-16-5-6-17-18(12-16)24-10-3-9-23-17;/h5-6,12,15,20H,2-4,7-11,13-14H2,1H3;1H. The Morgan fingerprint density at radius 3 is 2.88 bits per heavy atom. The SMILES string of the molecule is CNCC1CCCN(C(=O)CCSc2ccc3c(c2)OCCCO3)C1.Cl. The van der Waals surface area contributed by atoms with Crippen LogP contribution in [0.15, 0.2) is 23.1 Å². The number of rotatable bonds is 6. The fraction of sp³-hybridized carbons (Fsp3) is 0.632. The molecule has 7 heteroatoms. The van der Waals surface area contributed by atoms with Crippen LogP contribution in [-0.4, -0.2) is 56.5 Å². The molecule has 1 N–H and O–H groups in total. The van der Waals surface area contributed by atoms with Gasteiger partial charge in [0.05, 0.1) is 13.2 Å². The monoisotopic (exact) mass is 400 g/mol. The molecule has 1 aromatic carbocycles. The van der Waals surface area contributed by atoms with Crippen molar-refractivity contribution in [2.24, 2.45) is 5.92 Å². The fourth-order valence-electron chi connectivity index (χ4n) is 3.39. The Balaban J connectivity index is 0.00000243. The maximum atomic E-state index is 12.5. The molecule has 2 heterocycles. The number of piperidine rings is 1. The van der Waals surface area contributed by atoms with E-state index in [0.717, 1.165) is 54.6 Å². The Bertz CT molecular complexity index is 586. The molecule has 1 atom stereocenters. The highest BCUT2D eigenvalue weighted by Crippen LogP contribution is 2.34. The summed E-state index contributed by atoms with van der Waals surface area (Å²) in [7, 11) is 1.98. The summed E-state index contributed by atoms with van der Waals surface area (Å²) in [5, 5.41) is 3.23. The first kappa shape index (κ1) is 21.2. The van der Waals surface area contributed by atoms with E-state index < -0.39 is 0 Å². The molecule has 0 saturated carbocycles. The average Bonchev–Trinajstić information content (AvgIpc) is 2.87. The molecule has 146 valence electrons. The van der Waals surface area contributed by atoms with Gasteiger partial charge < -0.3 is 19.7 Å². The third-order valence-electron chi connectivity index (χ3n) is 4.67. The summed E-state index contributed by atoms with van der Waals surface area (Å²) in [4.78, 5) is 15.6. The molecule has 0 spiro atoms. The van der Waals surface area contributed by atoms with Crippen LogP contribution in [0.25, 0.3) is 0 Å². The van der Waals surface area contributed by atoms with Gasteiger partial charge in [-0.1, -0.05) is 0 Å². The van der Waals surface area contributed by atoms with Gasteiger partial charge in [-0.25, -0.2) is 0 Å². The van der Waals surface area contributed by atoms with Gasteiger partial charge in [0.1, 0.15) is 0 Å². The van der Waals surface area contributed by atoms with Gasteiger partial charge in [0.25, 0.3) is 0 Å². The quantitative estimate of drug-likeness (QED) is 0.743. The largest absolute Gasteiger partial charge is 0.490 e. The first-order valence-corrected chi connectivity index (χ1v) is 10.2. The zero-order chi connectivity index (χ0) is 17.5. The van der Waals surface area contributed by atoms with Crippen molar-refractivity contribution in [3.8, 4) is 11.5 Å². The van der Waals surface area contributed by atoms with Gasteiger partial charge in [0.15, 0.2) is 11.5 Å². The number of halogens is 1. The van der Waals surface area contributed by atoms with Crippen molar-refractivity contribution >= 4 is 30.1 Å². The maximum Gasteiger partial charge on any atom is 0.223 e. The van der Waals surface area contributed by atoms with E-state index in [1.54, 1.807) is 11.8 Å². The Morgan fingerprint density at radius 2 is 2.08 bits per heavy atom. The summed E-state index contributed by atoms with van der Waals surface area (Å²) in [6, 6.07) is 6.05. The van der Waals surface area contributed by atoms with Gasteiger partial charge in [0, 0.05) is 36.6 Å². The molecule has 0 bridgehead atoms. The van der Waals surface area contributed by atoms with Crippen molar-refractivity contribution in [3.63, 3.8) is 0 Å². The molecule has 0 aromatic heterocycles. The van der Waals surface area contributed by atoms with E-state index in [1.165, 1.54) is 6.42 Å². The predicted molar refractivity (Wildman–Crippen MR) is 108 cm³/mol. The summed E-state index contributed by atoms with van der Waals surface area (Å²) in [6.07, 6.45) is 3.84. The van der Waals surface area contributed by atoms with Gasteiger partial charge in [-0.2, -0.15) is 0 Å². The van der Waals surface area contributed by atoms with Crippen molar-refractivity contribution in [2.75, 3.05) is 45.6 Å². The minimum absolute atomic E-state index is 0. The number of carbonyl (C=O) groups excluding carboxylic acids is 1. The van der Waals surface area contributed by atoms with Crippen molar-refractivity contribution in [3.05, 3.63) is 18.2 Å². The minimum atomic E-state index is 0. The van der Waals surface area contributed by atoms with Crippen LogP contribution in [0.4, 0.5) is 0 Å². The molecule has 0 radical (unpaired) electrons. The van der Waals surface area contributed by atoms with Gasteiger partial charge in [-0.3, -0.25) is 4.79 Å². The molecule has 1 amide bonds. The molecular formula is C19H29ClN2O3S. The van der Waals surface area contributed by atoms with E-state index in [0.29, 0.717) is 25.6 Å².